The molecule has 1 aliphatic heterocycles. The summed E-state index contributed by atoms with van der Waals surface area (Å²) < 4.78 is 5.78. The van der Waals surface area contributed by atoms with E-state index in [1.54, 1.807) is 0 Å². The lowest BCUT2D eigenvalue weighted by Gasteiger charge is -2.31. The van der Waals surface area contributed by atoms with Crippen molar-refractivity contribution >= 4 is 0 Å². The maximum Gasteiger partial charge on any atom is 0.158 e. The van der Waals surface area contributed by atoms with Gasteiger partial charge in [-0.15, -0.1) is 0 Å². The van der Waals surface area contributed by atoms with Gasteiger partial charge in [0, 0.05) is 37.4 Å². The van der Waals surface area contributed by atoms with E-state index in [1.165, 1.54) is 0 Å². The van der Waals surface area contributed by atoms with Gasteiger partial charge in [0.1, 0.15) is 6.10 Å². The molecule has 19 heavy (non-hydrogen) atoms. The molecule has 0 saturated carbocycles. The standard InChI is InChI=1S/C14H24N4O/c1-3-11(15)9-12-5-6-16-14(17-12)13-10-18(4-2)7-8-19-13/h5-6,11,13H,3-4,7-10,15H2,1-2H3. The van der Waals surface area contributed by atoms with Crippen LogP contribution in [-0.4, -0.2) is 47.2 Å². The predicted molar refractivity (Wildman–Crippen MR) is 74.8 cm³/mol. The topological polar surface area (TPSA) is 64.3 Å². The Morgan fingerprint density at radius 2 is 2.37 bits per heavy atom. The fourth-order valence-corrected chi connectivity index (χ4v) is 2.24. The Kier molecular flexibility index (Phi) is 5.24. The highest BCUT2D eigenvalue weighted by Crippen LogP contribution is 2.19. The van der Waals surface area contributed by atoms with Gasteiger partial charge in [-0.05, 0) is 19.0 Å². The van der Waals surface area contributed by atoms with Crippen molar-refractivity contribution in [2.75, 3.05) is 26.2 Å². The minimum Gasteiger partial charge on any atom is -0.368 e. The monoisotopic (exact) mass is 264 g/mol. The Balaban J connectivity index is 2.05. The molecule has 2 rings (SSSR count). The molecular weight excluding hydrogens is 240 g/mol. The van der Waals surface area contributed by atoms with Crippen molar-refractivity contribution < 1.29 is 4.74 Å². The zero-order chi connectivity index (χ0) is 13.7. The first-order valence-electron chi connectivity index (χ1n) is 7.14. The first-order valence-corrected chi connectivity index (χ1v) is 7.14. The summed E-state index contributed by atoms with van der Waals surface area (Å²) in [5.74, 6) is 0.791. The molecule has 0 aromatic carbocycles. The van der Waals surface area contributed by atoms with Gasteiger partial charge in [-0.25, -0.2) is 9.97 Å². The van der Waals surface area contributed by atoms with Crippen molar-refractivity contribution in [1.29, 1.82) is 0 Å². The van der Waals surface area contributed by atoms with Gasteiger partial charge in [0.2, 0.25) is 0 Å². The van der Waals surface area contributed by atoms with Crippen molar-refractivity contribution in [2.45, 2.75) is 38.8 Å². The van der Waals surface area contributed by atoms with E-state index in [1.807, 2.05) is 12.3 Å². The summed E-state index contributed by atoms with van der Waals surface area (Å²) in [6.45, 7) is 7.92. The van der Waals surface area contributed by atoms with E-state index in [4.69, 9.17) is 10.5 Å². The van der Waals surface area contributed by atoms with Gasteiger partial charge < -0.3 is 10.5 Å². The third-order valence-corrected chi connectivity index (χ3v) is 3.61. The first-order chi connectivity index (χ1) is 9.22. The molecule has 1 aliphatic rings. The molecule has 1 saturated heterocycles. The average Bonchev–Trinajstić information content (AvgIpc) is 2.47. The third kappa shape index (κ3) is 3.96. The predicted octanol–water partition coefficient (Wildman–Crippen LogP) is 1.15. The molecule has 106 valence electrons. The van der Waals surface area contributed by atoms with Crippen LogP contribution in [0.25, 0.3) is 0 Å². The summed E-state index contributed by atoms with van der Waals surface area (Å²) in [6, 6.07) is 2.11. The number of ether oxygens (including phenoxy) is 1. The third-order valence-electron chi connectivity index (χ3n) is 3.61. The van der Waals surface area contributed by atoms with E-state index in [0.29, 0.717) is 0 Å². The van der Waals surface area contributed by atoms with E-state index in [0.717, 1.165) is 50.6 Å². The number of nitrogens with zero attached hydrogens (tertiary/aromatic N) is 3. The molecule has 0 aliphatic carbocycles. The molecule has 0 amide bonds. The Morgan fingerprint density at radius 1 is 1.53 bits per heavy atom. The Bertz CT molecular complexity index is 399. The van der Waals surface area contributed by atoms with Gasteiger partial charge in [-0.2, -0.15) is 0 Å². The van der Waals surface area contributed by atoms with Gasteiger partial charge in [-0.1, -0.05) is 13.8 Å². The van der Waals surface area contributed by atoms with Crippen LogP contribution in [-0.2, 0) is 11.2 Å². The Labute approximate surface area is 115 Å². The second-order valence-electron chi connectivity index (χ2n) is 5.03. The molecule has 1 aromatic heterocycles. The quantitative estimate of drug-likeness (QED) is 0.864. The molecule has 2 heterocycles. The highest BCUT2D eigenvalue weighted by Gasteiger charge is 2.23. The molecule has 2 N–H and O–H groups in total. The number of morpholine rings is 1. The van der Waals surface area contributed by atoms with Crippen molar-refractivity contribution in [2.24, 2.45) is 5.73 Å². The van der Waals surface area contributed by atoms with Gasteiger partial charge >= 0.3 is 0 Å². The smallest absolute Gasteiger partial charge is 0.158 e. The molecule has 0 spiro atoms. The fraction of sp³-hybridized carbons (Fsp3) is 0.714. The normalized spacial score (nSPS) is 22.4. The first kappa shape index (κ1) is 14.4. The van der Waals surface area contributed by atoms with E-state index >= 15 is 0 Å². The highest BCUT2D eigenvalue weighted by atomic mass is 16.5. The van der Waals surface area contributed by atoms with Gasteiger partial charge in [0.05, 0.1) is 6.61 Å². The zero-order valence-corrected chi connectivity index (χ0v) is 11.9. The second kappa shape index (κ2) is 6.93. The molecule has 5 heteroatoms. The lowest BCUT2D eigenvalue weighted by molar-refractivity contribution is -0.0326. The average molecular weight is 264 g/mol. The van der Waals surface area contributed by atoms with Crippen molar-refractivity contribution in [3.63, 3.8) is 0 Å². The Morgan fingerprint density at radius 3 is 3.11 bits per heavy atom. The van der Waals surface area contributed by atoms with Crippen molar-refractivity contribution in [1.82, 2.24) is 14.9 Å². The van der Waals surface area contributed by atoms with E-state index in [2.05, 4.69) is 28.7 Å². The second-order valence-corrected chi connectivity index (χ2v) is 5.03. The maximum absolute atomic E-state index is 5.98. The molecule has 5 nitrogen and oxygen atoms in total. The summed E-state index contributed by atoms with van der Waals surface area (Å²) in [4.78, 5) is 11.3. The summed E-state index contributed by atoms with van der Waals surface area (Å²) in [5.41, 5.74) is 6.99. The molecule has 2 atom stereocenters. The number of hydrogen-bond donors (Lipinski definition) is 1. The number of rotatable bonds is 5. The molecule has 1 aromatic rings. The number of nitrogens with two attached hydrogens (primary N) is 1. The lowest BCUT2D eigenvalue weighted by Crippen LogP contribution is -2.38. The van der Waals surface area contributed by atoms with Crippen LogP contribution in [0.4, 0.5) is 0 Å². The summed E-state index contributed by atoms with van der Waals surface area (Å²) in [5, 5.41) is 0. The SMILES string of the molecule is CCC(N)Cc1ccnc(C2CN(CC)CCO2)n1. The summed E-state index contributed by atoms with van der Waals surface area (Å²) in [6.07, 6.45) is 3.57. The number of aromatic nitrogens is 2. The number of hydrogen-bond acceptors (Lipinski definition) is 5. The van der Waals surface area contributed by atoms with Crippen LogP contribution in [0.5, 0.6) is 0 Å². The van der Waals surface area contributed by atoms with Crippen LogP contribution < -0.4 is 5.73 Å². The van der Waals surface area contributed by atoms with Crippen LogP contribution in [0.2, 0.25) is 0 Å². The van der Waals surface area contributed by atoms with Crippen LogP contribution in [0.1, 0.15) is 37.9 Å². The molecular formula is C14H24N4O. The van der Waals surface area contributed by atoms with Crippen LogP contribution in [0.15, 0.2) is 12.3 Å². The van der Waals surface area contributed by atoms with Crippen LogP contribution in [0, 0.1) is 0 Å². The molecule has 0 radical (unpaired) electrons. The minimum atomic E-state index is -0.00787. The molecule has 0 bridgehead atoms. The van der Waals surface area contributed by atoms with E-state index in [9.17, 15) is 0 Å². The summed E-state index contributed by atoms with van der Waals surface area (Å²) >= 11 is 0. The van der Waals surface area contributed by atoms with E-state index < -0.39 is 0 Å². The maximum atomic E-state index is 5.98. The van der Waals surface area contributed by atoms with Crippen molar-refractivity contribution in [3.8, 4) is 0 Å². The molecule has 1 fully saturated rings. The Hall–Kier alpha value is -1.04. The van der Waals surface area contributed by atoms with Crippen LogP contribution >= 0.6 is 0 Å². The minimum absolute atomic E-state index is 0.00787. The fourth-order valence-electron chi connectivity index (χ4n) is 2.24. The van der Waals surface area contributed by atoms with Gasteiger partial charge in [0.25, 0.3) is 0 Å². The summed E-state index contributed by atoms with van der Waals surface area (Å²) in [7, 11) is 0. The highest BCUT2D eigenvalue weighted by molar-refractivity contribution is 5.06. The van der Waals surface area contributed by atoms with E-state index in [-0.39, 0.29) is 12.1 Å². The zero-order valence-electron chi connectivity index (χ0n) is 11.9. The largest absolute Gasteiger partial charge is 0.368 e. The molecule has 2 unspecified atom stereocenters. The van der Waals surface area contributed by atoms with Crippen molar-refractivity contribution in [3.05, 3.63) is 23.8 Å². The van der Waals surface area contributed by atoms with Gasteiger partial charge in [-0.3, -0.25) is 4.90 Å². The van der Waals surface area contributed by atoms with Crippen LogP contribution in [0.3, 0.4) is 0 Å². The van der Waals surface area contributed by atoms with Gasteiger partial charge in [0.15, 0.2) is 5.82 Å². The lowest BCUT2D eigenvalue weighted by atomic mass is 10.1. The number of likely N-dealkylation sites (N-methyl/N-ethyl adjacent to an activating group) is 1.